The van der Waals surface area contributed by atoms with Gasteiger partial charge in [-0.2, -0.15) is 9.13 Å². The van der Waals surface area contributed by atoms with Crippen LogP contribution in [0.15, 0.2) is 91.3 Å². The molecule has 2 heteroatoms. The lowest BCUT2D eigenvalue weighted by molar-refractivity contribution is -0.771. The third-order valence-electron chi connectivity index (χ3n) is 15.4. The molecule has 1 aliphatic heterocycles. The van der Waals surface area contributed by atoms with Crippen molar-refractivity contribution < 1.29 is 9.13 Å². The molecular formula is C52H62N2+2. The zero-order valence-electron chi connectivity index (χ0n) is 34.2. The van der Waals surface area contributed by atoms with Crippen LogP contribution in [0.25, 0.3) is 33.6 Å². The number of aryl methyl sites for hydroxylation is 3. The first-order chi connectivity index (χ1) is 26.1. The van der Waals surface area contributed by atoms with E-state index in [1.165, 1.54) is 101 Å². The van der Waals surface area contributed by atoms with Gasteiger partial charge in [-0.25, -0.2) is 0 Å². The maximum Gasteiger partial charge on any atom is 0.213 e. The molecule has 0 N–H and O–H groups in total. The number of pyridine rings is 2. The molecule has 2 aromatic heterocycles. The highest BCUT2D eigenvalue weighted by atomic mass is 15.1. The van der Waals surface area contributed by atoms with Crippen LogP contribution >= 0.6 is 0 Å². The monoisotopic (exact) mass is 714 g/mol. The van der Waals surface area contributed by atoms with Crippen LogP contribution in [0.4, 0.5) is 0 Å². The molecule has 5 aliphatic rings. The zero-order chi connectivity index (χ0) is 37.4. The molecule has 278 valence electrons. The van der Waals surface area contributed by atoms with Gasteiger partial charge in [0.2, 0.25) is 11.4 Å². The van der Waals surface area contributed by atoms with Gasteiger partial charge in [-0.05, 0) is 133 Å². The van der Waals surface area contributed by atoms with E-state index in [0.29, 0.717) is 0 Å². The van der Waals surface area contributed by atoms with Crippen molar-refractivity contribution >= 4 is 0 Å². The summed E-state index contributed by atoms with van der Waals surface area (Å²) in [5.41, 5.74) is 19.2. The smallest absolute Gasteiger partial charge is 0.198 e. The molecule has 0 saturated heterocycles. The maximum absolute atomic E-state index is 2.71. The molecule has 54 heavy (non-hydrogen) atoms. The zero-order valence-corrected chi connectivity index (χ0v) is 34.2. The van der Waals surface area contributed by atoms with Gasteiger partial charge >= 0.3 is 0 Å². The number of unbranched alkanes of at least 4 members (excludes halogenated alkanes) is 1. The van der Waals surface area contributed by atoms with E-state index in [4.69, 9.17) is 0 Å². The van der Waals surface area contributed by atoms with Crippen molar-refractivity contribution in [2.24, 2.45) is 0 Å². The Labute approximate surface area is 325 Å². The highest BCUT2D eigenvalue weighted by molar-refractivity contribution is 5.84. The van der Waals surface area contributed by atoms with E-state index in [-0.39, 0.29) is 16.4 Å². The molecule has 0 radical (unpaired) electrons. The first-order valence-corrected chi connectivity index (χ1v) is 21.6. The number of aromatic nitrogens is 2. The van der Waals surface area contributed by atoms with Crippen LogP contribution in [0.3, 0.4) is 0 Å². The van der Waals surface area contributed by atoms with Crippen molar-refractivity contribution in [3.8, 4) is 33.6 Å². The number of benzene rings is 3. The van der Waals surface area contributed by atoms with Crippen LogP contribution in [-0.4, -0.2) is 0 Å². The first-order valence-electron chi connectivity index (χ1n) is 21.6. The Morgan fingerprint density at radius 2 is 1.41 bits per heavy atom. The van der Waals surface area contributed by atoms with Crippen LogP contribution in [0.2, 0.25) is 0 Å². The summed E-state index contributed by atoms with van der Waals surface area (Å²) in [7, 11) is 0. The molecule has 2 unspecified atom stereocenters. The van der Waals surface area contributed by atoms with E-state index in [9.17, 15) is 0 Å². The fourth-order valence-corrected chi connectivity index (χ4v) is 12.1. The fourth-order valence-electron chi connectivity index (χ4n) is 12.1. The summed E-state index contributed by atoms with van der Waals surface area (Å²) in [5.74, 6) is 1.45. The lowest BCUT2D eigenvalue weighted by Crippen LogP contribution is -2.69. The Morgan fingerprint density at radius 3 is 2.17 bits per heavy atom. The van der Waals surface area contributed by atoms with E-state index in [1.54, 1.807) is 16.7 Å². The Balaban J connectivity index is 1.13. The van der Waals surface area contributed by atoms with E-state index >= 15 is 0 Å². The van der Waals surface area contributed by atoms with Gasteiger partial charge in [0.15, 0.2) is 17.9 Å². The van der Waals surface area contributed by atoms with Crippen molar-refractivity contribution in [2.75, 3.05) is 0 Å². The summed E-state index contributed by atoms with van der Waals surface area (Å²) in [6.07, 6.45) is 18.7. The Bertz CT molecular complexity index is 2250. The second kappa shape index (κ2) is 13.3. The number of nitrogens with zero attached hydrogens (tertiary/aromatic N) is 2. The predicted molar refractivity (Wildman–Crippen MR) is 224 cm³/mol. The molecule has 2 atom stereocenters. The van der Waals surface area contributed by atoms with Crippen LogP contribution < -0.4 is 9.13 Å². The van der Waals surface area contributed by atoms with Gasteiger partial charge < -0.3 is 0 Å². The van der Waals surface area contributed by atoms with Gasteiger partial charge in [0.05, 0.1) is 11.0 Å². The van der Waals surface area contributed by atoms with Crippen LogP contribution in [0.5, 0.6) is 0 Å². The normalized spacial score (nSPS) is 24.1. The van der Waals surface area contributed by atoms with Crippen LogP contribution in [0, 0.1) is 6.92 Å². The van der Waals surface area contributed by atoms with E-state index in [1.807, 2.05) is 0 Å². The average molecular weight is 715 g/mol. The molecular weight excluding hydrogens is 653 g/mol. The first kappa shape index (κ1) is 35.6. The number of rotatable bonds is 10. The van der Waals surface area contributed by atoms with Gasteiger partial charge in [0.25, 0.3) is 0 Å². The van der Waals surface area contributed by atoms with E-state index < -0.39 is 0 Å². The maximum atomic E-state index is 2.71. The Morgan fingerprint density at radius 1 is 0.648 bits per heavy atom. The van der Waals surface area contributed by atoms with E-state index in [2.05, 4.69) is 149 Å². The minimum atomic E-state index is -0.0119. The van der Waals surface area contributed by atoms with Gasteiger partial charge in [0, 0.05) is 54.0 Å². The van der Waals surface area contributed by atoms with Crippen molar-refractivity contribution in [1.29, 1.82) is 0 Å². The summed E-state index contributed by atoms with van der Waals surface area (Å²) in [4.78, 5) is 0. The number of fused-ring (bicyclic) bond motifs is 8. The summed E-state index contributed by atoms with van der Waals surface area (Å²) in [5, 5.41) is 0. The van der Waals surface area contributed by atoms with Gasteiger partial charge in [-0.1, -0.05) is 83.5 Å². The summed E-state index contributed by atoms with van der Waals surface area (Å²) in [6, 6.07) is 31.2. The summed E-state index contributed by atoms with van der Waals surface area (Å²) >= 11 is 0. The molecule has 2 bridgehead atoms. The highest BCUT2D eigenvalue weighted by Crippen LogP contribution is 2.54. The van der Waals surface area contributed by atoms with Crippen molar-refractivity contribution in [2.45, 2.75) is 154 Å². The topological polar surface area (TPSA) is 7.76 Å². The minimum Gasteiger partial charge on any atom is -0.198 e. The summed E-state index contributed by atoms with van der Waals surface area (Å²) < 4.78 is 5.43. The number of hydrogen-bond acceptors (Lipinski definition) is 0. The number of hydrogen-bond donors (Lipinski definition) is 0. The quantitative estimate of drug-likeness (QED) is 0.127. The minimum absolute atomic E-state index is 0.0110. The molecule has 2 nitrogen and oxygen atoms in total. The van der Waals surface area contributed by atoms with Gasteiger partial charge in [0.1, 0.15) is 6.54 Å². The Kier molecular flexibility index (Phi) is 8.79. The Hall–Kier alpha value is -4.04. The fraction of sp³-hybridized carbons (Fsp3) is 0.462. The molecule has 3 aromatic carbocycles. The van der Waals surface area contributed by atoms with Crippen molar-refractivity contribution in [3.05, 3.63) is 130 Å². The second-order valence-corrected chi connectivity index (χ2v) is 18.3. The molecule has 1 fully saturated rings. The van der Waals surface area contributed by atoms with Crippen molar-refractivity contribution in [3.63, 3.8) is 0 Å². The largest absolute Gasteiger partial charge is 0.213 e. The van der Waals surface area contributed by atoms with Gasteiger partial charge in [-0.3, -0.25) is 0 Å². The second-order valence-electron chi connectivity index (χ2n) is 18.3. The van der Waals surface area contributed by atoms with Gasteiger partial charge in [-0.15, -0.1) is 0 Å². The highest BCUT2D eigenvalue weighted by Gasteiger charge is 2.59. The molecule has 1 saturated carbocycles. The molecule has 5 aromatic rings. The van der Waals surface area contributed by atoms with Crippen LogP contribution in [-0.2, 0) is 29.3 Å². The van der Waals surface area contributed by atoms with Crippen LogP contribution in [0.1, 0.15) is 157 Å². The summed E-state index contributed by atoms with van der Waals surface area (Å²) in [6.45, 7) is 18.1. The lowest BCUT2D eigenvalue weighted by Gasteiger charge is -2.48. The standard InChI is InChI=1S/C52H62N2/c1-8-11-17-36-21-26-40-47(31-36)51(7,9-2)52(10-3,54-29-15-14-20-48(40)54)27-16-28-53-34-44-38-24-22-37(23-25-38)42(44)33-49(53)41-32-46-43(30-35(41)4)39-18-12-13-19-45(39)50(46,5)6/h12-15,18-21,26,29-34,37-38H,8-11,16-17,22-25,27-28H2,1-7H3/q+2. The molecule has 10 rings (SSSR count). The molecule has 4 aliphatic carbocycles. The molecule has 3 heterocycles. The molecule has 0 amide bonds. The molecule has 0 spiro atoms. The average Bonchev–Trinajstić information content (AvgIpc) is 3.42. The lowest BCUT2D eigenvalue weighted by atomic mass is 9.58. The third-order valence-corrected chi connectivity index (χ3v) is 15.4. The van der Waals surface area contributed by atoms with E-state index in [0.717, 1.165) is 44.1 Å². The third kappa shape index (κ3) is 5.17. The van der Waals surface area contributed by atoms with Crippen molar-refractivity contribution in [1.82, 2.24) is 0 Å². The predicted octanol–water partition coefficient (Wildman–Crippen LogP) is 12.6. The SMILES string of the molecule is CCCCc1ccc2c(c1)C(C)(CC)C(CC)(CCC[n+]1cc3c(cc1-c1cc4c(cc1C)-c1ccccc1C4(C)C)C1CCC3CC1)[n+]1ccccc1-2.